The fraction of sp³-hybridized carbons (Fsp3) is 0.167. The van der Waals surface area contributed by atoms with E-state index in [1.165, 1.54) is 13.0 Å². The molecule has 0 radical (unpaired) electrons. The van der Waals surface area contributed by atoms with Gasteiger partial charge in [-0.05, 0) is 30.7 Å². The molecule has 3 rings (SSSR count). The van der Waals surface area contributed by atoms with Gasteiger partial charge in [-0.1, -0.05) is 17.3 Å². The van der Waals surface area contributed by atoms with E-state index in [4.69, 9.17) is 5.14 Å². The fourth-order valence-electron chi connectivity index (χ4n) is 2.83. The fourth-order valence-corrected chi connectivity index (χ4v) is 3.43. The summed E-state index contributed by atoms with van der Waals surface area (Å²) >= 11 is 0. The maximum absolute atomic E-state index is 14.7. The molecule has 3 aromatic rings. The number of aromatic nitrogens is 1. The minimum absolute atomic E-state index is 0.0277. The second-order valence-electron chi connectivity index (χ2n) is 6.41. The van der Waals surface area contributed by atoms with Gasteiger partial charge in [-0.3, -0.25) is 0 Å². The third-order valence-corrected chi connectivity index (χ3v) is 5.13. The van der Waals surface area contributed by atoms with Crippen LogP contribution in [0.15, 0.2) is 39.8 Å². The number of benzene rings is 2. The van der Waals surface area contributed by atoms with Gasteiger partial charge in [0.2, 0.25) is 15.8 Å². The van der Waals surface area contributed by atoms with Gasteiger partial charge in [0.05, 0.1) is 5.56 Å². The Kier molecular flexibility index (Phi) is 5.95. The van der Waals surface area contributed by atoms with Crippen molar-refractivity contribution < 1.29 is 48.4 Å². The molecule has 0 unspecified atom stereocenters. The minimum atomic E-state index is -5.07. The smallest absolute Gasteiger partial charge is 0.405 e. The first-order valence-corrected chi connectivity index (χ1v) is 9.90. The summed E-state index contributed by atoms with van der Waals surface area (Å²) in [6.07, 6.45) is -8.45. The highest BCUT2D eigenvalue weighted by molar-refractivity contribution is 7.89. The van der Waals surface area contributed by atoms with Gasteiger partial charge in [0.25, 0.3) is 6.43 Å². The lowest BCUT2D eigenvalue weighted by Crippen LogP contribution is -2.17. The Bertz CT molecular complexity index is 1290. The molecule has 0 aliphatic carbocycles. The van der Waals surface area contributed by atoms with Crippen LogP contribution in [-0.4, -0.2) is 19.9 Å². The maximum Gasteiger partial charge on any atom is 0.573 e. The first-order valence-electron chi connectivity index (χ1n) is 8.35. The third kappa shape index (κ3) is 4.70. The van der Waals surface area contributed by atoms with E-state index in [1.807, 2.05) is 0 Å². The number of alkyl halides is 5. The van der Waals surface area contributed by atoms with Gasteiger partial charge in [0.1, 0.15) is 28.0 Å². The van der Waals surface area contributed by atoms with Crippen LogP contribution in [-0.2, 0) is 10.0 Å². The molecule has 2 N–H and O–H groups in total. The Balaban J connectivity index is 2.26. The van der Waals surface area contributed by atoms with Crippen LogP contribution in [0.3, 0.4) is 0 Å². The molecule has 1 heterocycles. The first-order chi connectivity index (χ1) is 14.7. The average Bonchev–Trinajstić information content (AvgIpc) is 3.08. The van der Waals surface area contributed by atoms with Gasteiger partial charge in [0, 0.05) is 11.1 Å². The minimum Gasteiger partial charge on any atom is -0.405 e. The van der Waals surface area contributed by atoms with Crippen LogP contribution in [0.4, 0.5) is 30.7 Å². The lowest BCUT2D eigenvalue weighted by molar-refractivity contribution is -0.274. The van der Waals surface area contributed by atoms with Crippen molar-refractivity contribution in [3.8, 4) is 28.1 Å². The van der Waals surface area contributed by atoms with E-state index < -0.39 is 67.7 Å². The molecule has 0 bridgehead atoms. The van der Waals surface area contributed by atoms with Gasteiger partial charge in [-0.15, -0.1) is 13.2 Å². The molecule has 0 aliphatic rings. The summed E-state index contributed by atoms with van der Waals surface area (Å²) in [6, 6.07) is 3.59. The quantitative estimate of drug-likeness (QED) is 0.510. The van der Waals surface area contributed by atoms with Crippen molar-refractivity contribution >= 4 is 10.0 Å². The van der Waals surface area contributed by atoms with Crippen molar-refractivity contribution in [3.05, 3.63) is 53.3 Å². The van der Waals surface area contributed by atoms with Crippen molar-refractivity contribution in [2.45, 2.75) is 24.6 Å². The van der Waals surface area contributed by atoms with E-state index in [2.05, 4.69) is 14.4 Å². The topological polar surface area (TPSA) is 95.4 Å². The molecule has 0 spiro atoms. The number of hydrogen-bond donors (Lipinski definition) is 1. The second kappa shape index (κ2) is 8.09. The van der Waals surface area contributed by atoms with Crippen molar-refractivity contribution in [2.75, 3.05) is 0 Å². The number of hydrogen-bond acceptors (Lipinski definition) is 5. The van der Waals surface area contributed by atoms with Crippen LogP contribution in [0.2, 0.25) is 0 Å². The molecular formula is C18H11F7N2O4S. The third-order valence-electron chi connectivity index (χ3n) is 4.20. The van der Waals surface area contributed by atoms with E-state index >= 15 is 0 Å². The maximum atomic E-state index is 14.7. The normalized spacial score (nSPS) is 12.4. The number of sulfonamides is 1. The van der Waals surface area contributed by atoms with Gasteiger partial charge in [0.15, 0.2) is 0 Å². The highest BCUT2D eigenvalue weighted by Gasteiger charge is 2.33. The lowest BCUT2D eigenvalue weighted by atomic mass is 9.97. The second-order valence-corrected chi connectivity index (χ2v) is 7.94. The van der Waals surface area contributed by atoms with Crippen LogP contribution < -0.4 is 9.88 Å². The monoisotopic (exact) mass is 484 g/mol. The van der Waals surface area contributed by atoms with E-state index in [0.717, 1.165) is 12.1 Å². The SMILES string of the molecule is Cc1ccc(-c2noc(C(F)F)c2-c2cc(F)c(S(N)(=O)=O)cc2F)cc1OC(F)(F)F. The molecule has 0 aliphatic heterocycles. The summed E-state index contributed by atoms with van der Waals surface area (Å²) in [7, 11) is -4.68. The molecule has 2 aromatic carbocycles. The standard InChI is InChI=1S/C18H11F7N2O4S/c1-7-2-3-8(4-12(7)30-18(23,24)25)15-14(16(17(21)22)31-27-15)9-5-11(20)13(6-10(9)19)32(26,28)29/h2-6,17H,1H3,(H2,26,28,29). The zero-order chi connectivity index (χ0) is 24.0. The Morgan fingerprint density at radius 1 is 1.09 bits per heavy atom. The molecule has 172 valence electrons. The van der Waals surface area contributed by atoms with Crippen LogP contribution in [0.25, 0.3) is 22.4 Å². The van der Waals surface area contributed by atoms with Crippen LogP contribution >= 0.6 is 0 Å². The molecule has 0 atom stereocenters. The molecule has 0 saturated heterocycles. The van der Waals surface area contributed by atoms with Crippen molar-refractivity contribution in [1.82, 2.24) is 5.16 Å². The Hall–Kier alpha value is -3.13. The number of halogens is 7. The molecule has 0 saturated carbocycles. The van der Waals surface area contributed by atoms with Gasteiger partial charge in [-0.2, -0.15) is 0 Å². The summed E-state index contributed by atoms with van der Waals surface area (Å²) in [5, 5.41) is 8.15. The highest BCUT2D eigenvalue weighted by Crippen LogP contribution is 2.42. The van der Waals surface area contributed by atoms with Crippen LogP contribution in [0.1, 0.15) is 17.7 Å². The molecule has 14 heteroatoms. The van der Waals surface area contributed by atoms with E-state index in [-0.39, 0.29) is 23.3 Å². The zero-order valence-electron chi connectivity index (χ0n) is 15.7. The van der Waals surface area contributed by atoms with Gasteiger partial charge in [-0.25, -0.2) is 31.1 Å². The summed E-state index contributed by atoms with van der Waals surface area (Å²) in [6.45, 7) is 1.28. The van der Waals surface area contributed by atoms with E-state index in [9.17, 15) is 39.2 Å². The van der Waals surface area contributed by atoms with E-state index in [0.29, 0.717) is 0 Å². The number of ether oxygens (including phenoxy) is 1. The van der Waals surface area contributed by atoms with Crippen molar-refractivity contribution in [2.24, 2.45) is 5.14 Å². The molecular weight excluding hydrogens is 473 g/mol. The number of aryl methyl sites for hydroxylation is 1. The summed E-state index contributed by atoms with van der Waals surface area (Å²) in [5.41, 5.74) is -2.45. The molecule has 1 aromatic heterocycles. The number of nitrogens with two attached hydrogens (primary N) is 1. The van der Waals surface area contributed by atoms with Crippen LogP contribution in [0.5, 0.6) is 5.75 Å². The molecule has 32 heavy (non-hydrogen) atoms. The van der Waals surface area contributed by atoms with Crippen molar-refractivity contribution in [3.63, 3.8) is 0 Å². The Morgan fingerprint density at radius 3 is 2.31 bits per heavy atom. The average molecular weight is 484 g/mol. The molecule has 0 amide bonds. The molecule has 0 fully saturated rings. The van der Waals surface area contributed by atoms with E-state index in [1.54, 1.807) is 0 Å². The summed E-state index contributed by atoms with van der Waals surface area (Å²) < 4.78 is 125. The number of rotatable bonds is 5. The van der Waals surface area contributed by atoms with Crippen molar-refractivity contribution in [1.29, 1.82) is 0 Å². The molecule has 6 nitrogen and oxygen atoms in total. The van der Waals surface area contributed by atoms with Gasteiger partial charge >= 0.3 is 6.36 Å². The first kappa shape index (κ1) is 23.5. The Labute approximate surface area is 175 Å². The summed E-state index contributed by atoms with van der Waals surface area (Å²) in [5.74, 6) is -4.94. The van der Waals surface area contributed by atoms with Crippen LogP contribution in [0, 0.1) is 18.6 Å². The summed E-state index contributed by atoms with van der Waals surface area (Å²) in [4.78, 5) is -1.23. The van der Waals surface area contributed by atoms with Gasteiger partial charge < -0.3 is 9.26 Å². The Morgan fingerprint density at radius 2 is 1.75 bits per heavy atom. The number of nitrogens with zero attached hydrogens (tertiary/aromatic N) is 1. The zero-order valence-corrected chi connectivity index (χ0v) is 16.5. The lowest BCUT2D eigenvalue weighted by Gasteiger charge is -2.13. The largest absolute Gasteiger partial charge is 0.573 e. The predicted octanol–water partition coefficient (Wildman–Crippen LogP) is 5.08. The highest BCUT2D eigenvalue weighted by atomic mass is 32.2. The predicted molar refractivity (Wildman–Crippen MR) is 95.0 cm³/mol. The number of primary sulfonamides is 1.